The quantitative estimate of drug-likeness (QED) is 0.778. The Balaban J connectivity index is 2.35. The summed E-state index contributed by atoms with van der Waals surface area (Å²) in [5.74, 6) is 0.574. The van der Waals surface area contributed by atoms with Crippen LogP contribution in [-0.4, -0.2) is 30.0 Å². The number of anilines is 2. The molecule has 2 heterocycles. The second kappa shape index (κ2) is 4.92. The molecule has 0 saturated carbocycles. The molecule has 6 nitrogen and oxygen atoms in total. The van der Waals surface area contributed by atoms with Crippen LogP contribution in [0, 0.1) is 11.3 Å². The first-order valence-electron chi connectivity index (χ1n) is 5.87. The van der Waals surface area contributed by atoms with Crippen molar-refractivity contribution in [3.63, 3.8) is 0 Å². The molecule has 1 aromatic rings. The number of nitrogens with one attached hydrogen (secondary N) is 1. The van der Waals surface area contributed by atoms with Crippen molar-refractivity contribution in [3.05, 3.63) is 17.8 Å². The van der Waals surface area contributed by atoms with E-state index in [-0.39, 0.29) is 11.9 Å². The van der Waals surface area contributed by atoms with Crippen LogP contribution in [0.4, 0.5) is 11.5 Å². The molecular formula is C12H15N5O. The van der Waals surface area contributed by atoms with Crippen LogP contribution in [0.2, 0.25) is 0 Å². The van der Waals surface area contributed by atoms with Gasteiger partial charge in [0.05, 0.1) is 11.3 Å². The zero-order valence-electron chi connectivity index (χ0n) is 10.2. The van der Waals surface area contributed by atoms with E-state index in [1.807, 2.05) is 17.9 Å². The Kier molecular flexibility index (Phi) is 3.33. The molecule has 1 aliphatic rings. The standard InChI is InChI=1S/C12H15N5O/c1-2-10-12(18)15-3-4-17(10)11-9(14)5-8(6-13)7-16-11/h5,7,10H,2-4,14H2,1H3,(H,15,18). The third kappa shape index (κ3) is 2.07. The normalized spacial score (nSPS) is 19.2. The molecule has 1 unspecified atom stereocenters. The zero-order chi connectivity index (χ0) is 13.1. The van der Waals surface area contributed by atoms with Crippen LogP contribution in [0.15, 0.2) is 12.3 Å². The smallest absolute Gasteiger partial charge is 0.242 e. The molecule has 3 N–H and O–H groups in total. The fourth-order valence-corrected chi connectivity index (χ4v) is 2.15. The fraction of sp³-hybridized carbons (Fsp3) is 0.417. The summed E-state index contributed by atoms with van der Waals surface area (Å²) in [4.78, 5) is 17.9. The molecule has 0 radical (unpaired) electrons. The number of piperazine rings is 1. The minimum atomic E-state index is -0.249. The summed E-state index contributed by atoms with van der Waals surface area (Å²) in [5, 5.41) is 11.6. The molecule has 1 atom stereocenters. The molecule has 0 spiro atoms. The molecule has 1 aromatic heterocycles. The third-order valence-corrected chi connectivity index (χ3v) is 3.01. The van der Waals surface area contributed by atoms with Gasteiger partial charge in [-0.15, -0.1) is 0 Å². The number of hydrogen-bond donors (Lipinski definition) is 2. The van der Waals surface area contributed by atoms with Crippen molar-refractivity contribution in [3.8, 4) is 6.07 Å². The van der Waals surface area contributed by atoms with Crippen LogP contribution < -0.4 is 16.0 Å². The Morgan fingerprint density at radius 1 is 1.72 bits per heavy atom. The highest BCUT2D eigenvalue weighted by molar-refractivity contribution is 5.87. The largest absolute Gasteiger partial charge is 0.396 e. The maximum atomic E-state index is 11.8. The van der Waals surface area contributed by atoms with E-state index in [0.29, 0.717) is 36.6 Å². The first-order valence-corrected chi connectivity index (χ1v) is 5.87. The number of nitrogens with two attached hydrogens (primary N) is 1. The summed E-state index contributed by atoms with van der Waals surface area (Å²) in [6.45, 7) is 3.20. The molecule has 6 heteroatoms. The average molecular weight is 245 g/mol. The van der Waals surface area contributed by atoms with E-state index in [2.05, 4.69) is 10.3 Å². The van der Waals surface area contributed by atoms with Crippen LogP contribution in [0.5, 0.6) is 0 Å². The molecule has 0 aliphatic carbocycles. The summed E-state index contributed by atoms with van der Waals surface area (Å²) in [6.07, 6.45) is 2.16. The molecule has 1 amide bonds. The van der Waals surface area contributed by atoms with Crippen molar-refractivity contribution >= 4 is 17.4 Å². The first kappa shape index (κ1) is 12.2. The molecule has 18 heavy (non-hydrogen) atoms. The van der Waals surface area contributed by atoms with Gasteiger partial charge in [0.1, 0.15) is 12.1 Å². The predicted octanol–water partition coefficient (Wildman–Crippen LogP) is 0.250. The van der Waals surface area contributed by atoms with Crippen LogP contribution in [0.25, 0.3) is 0 Å². The van der Waals surface area contributed by atoms with E-state index in [9.17, 15) is 4.79 Å². The van der Waals surface area contributed by atoms with Crippen molar-refractivity contribution in [1.82, 2.24) is 10.3 Å². The lowest BCUT2D eigenvalue weighted by molar-refractivity contribution is -0.123. The molecule has 0 bridgehead atoms. The number of nitrogen functional groups attached to an aromatic ring is 1. The Labute approximate surface area is 105 Å². The fourth-order valence-electron chi connectivity index (χ4n) is 2.15. The molecule has 0 aromatic carbocycles. The maximum absolute atomic E-state index is 11.8. The summed E-state index contributed by atoms with van der Waals surface area (Å²) in [7, 11) is 0. The Bertz CT molecular complexity index is 508. The highest BCUT2D eigenvalue weighted by atomic mass is 16.2. The van der Waals surface area contributed by atoms with Gasteiger partial charge in [0.15, 0.2) is 5.82 Å². The summed E-state index contributed by atoms with van der Waals surface area (Å²) < 4.78 is 0. The minimum Gasteiger partial charge on any atom is -0.396 e. The second-order valence-corrected chi connectivity index (χ2v) is 4.16. The van der Waals surface area contributed by atoms with Crippen LogP contribution in [-0.2, 0) is 4.79 Å². The minimum absolute atomic E-state index is 0.00527. The van der Waals surface area contributed by atoms with Gasteiger partial charge in [-0.1, -0.05) is 6.92 Å². The Morgan fingerprint density at radius 3 is 3.11 bits per heavy atom. The number of pyridine rings is 1. The van der Waals surface area contributed by atoms with Gasteiger partial charge in [0.25, 0.3) is 0 Å². The number of carbonyl (C=O) groups is 1. The highest BCUT2D eigenvalue weighted by Gasteiger charge is 2.30. The molecule has 1 fully saturated rings. The zero-order valence-corrected chi connectivity index (χ0v) is 10.2. The molecule has 94 valence electrons. The van der Waals surface area contributed by atoms with Gasteiger partial charge in [-0.25, -0.2) is 4.98 Å². The average Bonchev–Trinajstić information content (AvgIpc) is 2.38. The lowest BCUT2D eigenvalue weighted by atomic mass is 10.1. The Hall–Kier alpha value is -2.29. The molecule has 1 saturated heterocycles. The third-order valence-electron chi connectivity index (χ3n) is 3.01. The number of carbonyl (C=O) groups excluding carboxylic acids is 1. The second-order valence-electron chi connectivity index (χ2n) is 4.16. The molecule has 2 rings (SSSR count). The summed E-state index contributed by atoms with van der Waals surface area (Å²) in [5.41, 5.74) is 6.76. The summed E-state index contributed by atoms with van der Waals surface area (Å²) >= 11 is 0. The van der Waals surface area contributed by atoms with E-state index >= 15 is 0 Å². The van der Waals surface area contributed by atoms with Crippen LogP contribution >= 0.6 is 0 Å². The van der Waals surface area contributed by atoms with Gasteiger partial charge in [0.2, 0.25) is 5.91 Å². The summed E-state index contributed by atoms with van der Waals surface area (Å²) in [6, 6.07) is 3.33. The molecular weight excluding hydrogens is 230 g/mol. The van der Waals surface area contributed by atoms with E-state index in [1.54, 1.807) is 6.07 Å². The number of nitriles is 1. The van der Waals surface area contributed by atoms with Crippen molar-refractivity contribution in [2.75, 3.05) is 23.7 Å². The van der Waals surface area contributed by atoms with Crippen molar-refractivity contribution < 1.29 is 4.79 Å². The van der Waals surface area contributed by atoms with E-state index in [0.717, 1.165) is 0 Å². The number of hydrogen-bond acceptors (Lipinski definition) is 5. The number of amides is 1. The van der Waals surface area contributed by atoms with E-state index < -0.39 is 0 Å². The number of nitrogens with zero attached hydrogens (tertiary/aromatic N) is 3. The molecule has 1 aliphatic heterocycles. The van der Waals surface area contributed by atoms with Gasteiger partial charge in [-0.05, 0) is 12.5 Å². The van der Waals surface area contributed by atoms with Gasteiger partial charge in [-0.3, -0.25) is 4.79 Å². The van der Waals surface area contributed by atoms with Crippen molar-refractivity contribution in [2.45, 2.75) is 19.4 Å². The predicted molar refractivity (Wildman–Crippen MR) is 67.8 cm³/mol. The number of aromatic nitrogens is 1. The lowest BCUT2D eigenvalue weighted by Gasteiger charge is -2.35. The van der Waals surface area contributed by atoms with Gasteiger partial charge < -0.3 is 16.0 Å². The first-order chi connectivity index (χ1) is 8.67. The SMILES string of the molecule is CCC1C(=O)NCCN1c1ncc(C#N)cc1N. The van der Waals surface area contributed by atoms with E-state index in [1.165, 1.54) is 6.20 Å². The maximum Gasteiger partial charge on any atom is 0.242 e. The number of rotatable bonds is 2. The topological polar surface area (TPSA) is 95.0 Å². The van der Waals surface area contributed by atoms with Gasteiger partial charge in [-0.2, -0.15) is 5.26 Å². The highest BCUT2D eigenvalue weighted by Crippen LogP contribution is 2.25. The van der Waals surface area contributed by atoms with Crippen LogP contribution in [0.3, 0.4) is 0 Å². The van der Waals surface area contributed by atoms with Gasteiger partial charge in [0, 0.05) is 19.3 Å². The van der Waals surface area contributed by atoms with Gasteiger partial charge >= 0.3 is 0 Å². The monoisotopic (exact) mass is 245 g/mol. The van der Waals surface area contributed by atoms with Crippen molar-refractivity contribution in [1.29, 1.82) is 5.26 Å². The van der Waals surface area contributed by atoms with Crippen molar-refractivity contribution in [2.24, 2.45) is 0 Å². The lowest BCUT2D eigenvalue weighted by Crippen LogP contribution is -2.55. The van der Waals surface area contributed by atoms with E-state index in [4.69, 9.17) is 11.0 Å². The Morgan fingerprint density at radius 2 is 2.50 bits per heavy atom. The van der Waals surface area contributed by atoms with Crippen LogP contribution in [0.1, 0.15) is 18.9 Å².